The molecule has 0 unspecified atom stereocenters. The van der Waals surface area contributed by atoms with E-state index in [9.17, 15) is 0 Å². The number of rotatable bonds is 17. The Kier molecular flexibility index (Phi) is 15.1. The summed E-state index contributed by atoms with van der Waals surface area (Å²) in [5.41, 5.74) is 0. The van der Waals surface area contributed by atoms with Crippen LogP contribution in [0.4, 0.5) is 0 Å². The zero-order chi connectivity index (χ0) is 16.5. The van der Waals surface area contributed by atoms with Gasteiger partial charge in [-0.3, -0.25) is 0 Å². The molecule has 0 aromatic heterocycles. The normalized spacial score (nSPS) is 11.6. The molecule has 6 nitrogen and oxygen atoms in total. The summed E-state index contributed by atoms with van der Waals surface area (Å²) in [6.07, 6.45) is 1.40. The maximum Gasteiger partial charge on any atom is 0.183 e. The molecule has 0 bridgehead atoms. The average Bonchev–Trinajstić information content (AvgIpc) is 2.45. The van der Waals surface area contributed by atoms with Gasteiger partial charge in [-0.2, -0.15) is 0 Å². The molecule has 0 rings (SSSR count). The molecule has 22 heavy (non-hydrogen) atoms. The van der Waals surface area contributed by atoms with Crippen LogP contribution in [-0.2, 0) is 28.1 Å². The molecule has 0 fully saturated rings. The van der Waals surface area contributed by atoms with Gasteiger partial charge >= 0.3 is 0 Å². The fraction of sp³-hybridized carbons (Fsp3) is 0.867. The summed E-state index contributed by atoms with van der Waals surface area (Å²) in [4.78, 5) is 0. The molecule has 0 atom stereocenters. The van der Waals surface area contributed by atoms with Gasteiger partial charge in [0, 0.05) is 0 Å². The molecule has 0 N–H and O–H groups in total. The van der Waals surface area contributed by atoms with Crippen molar-refractivity contribution in [3.05, 3.63) is 12.8 Å². The van der Waals surface area contributed by atoms with Crippen molar-refractivity contribution in [1.29, 1.82) is 0 Å². The highest BCUT2D eigenvalue weighted by molar-refractivity contribution is 6.69. The summed E-state index contributed by atoms with van der Waals surface area (Å²) in [7, 11) is -1.41. The minimum atomic E-state index is -1.41. The molecule has 0 aliphatic carbocycles. The van der Waals surface area contributed by atoms with Crippen molar-refractivity contribution in [2.24, 2.45) is 0 Å². The second-order valence-corrected chi connectivity index (χ2v) is 9.96. The zero-order valence-electron chi connectivity index (χ0n) is 14.3. The van der Waals surface area contributed by atoms with E-state index in [0.717, 1.165) is 0 Å². The Morgan fingerprint density at radius 1 is 0.636 bits per heavy atom. The fourth-order valence-electron chi connectivity index (χ4n) is 1.36. The molecule has 0 saturated carbocycles. The lowest BCUT2D eigenvalue weighted by Gasteiger charge is -2.16. The molecule has 0 aromatic carbocycles. The molecule has 0 aliphatic rings. The molecule has 0 saturated heterocycles. The first-order chi connectivity index (χ1) is 10.6. The van der Waals surface area contributed by atoms with Crippen molar-refractivity contribution in [2.45, 2.75) is 19.6 Å². The highest BCUT2D eigenvalue weighted by Gasteiger charge is 2.12. The molecule has 132 valence electrons. The van der Waals surface area contributed by atoms with Crippen LogP contribution in [0.3, 0.4) is 0 Å². The summed E-state index contributed by atoms with van der Waals surface area (Å²) in [6, 6.07) is 0. The summed E-state index contributed by atoms with van der Waals surface area (Å²) < 4.78 is 32.0. The van der Waals surface area contributed by atoms with Crippen LogP contribution in [0.1, 0.15) is 0 Å². The third-order valence-electron chi connectivity index (χ3n) is 2.34. The Balaban J connectivity index is 3.01. The molecule has 0 amide bonds. The Morgan fingerprint density at radius 3 is 1.36 bits per heavy atom. The highest BCUT2D eigenvalue weighted by Crippen LogP contribution is 2.01. The van der Waals surface area contributed by atoms with E-state index >= 15 is 0 Å². The number of ether oxygens (including phenoxy) is 5. The maximum atomic E-state index is 5.67. The van der Waals surface area contributed by atoms with Crippen LogP contribution in [0, 0.1) is 0 Å². The van der Waals surface area contributed by atoms with E-state index in [0.29, 0.717) is 66.1 Å². The predicted octanol–water partition coefficient (Wildman–Crippen LogP) is 2.06. The summed E-state index contributed by atoms with van der Waals surface area (Å²) in [5.74, 6) is 0. The second kappa shape index (κ2) is 15.5. The van der Waals surface area contributed by atoms with Crippen molar-refractivity contribution >= 4 is 8.32 Å². The first kappa shape index (κ1) is 21.6. The Hall–Kier alpha value is -0.443. The van der Waals surface area contributed by atoms with E-state index in [2.05, 4.69) is 26.2 Å². The monoisotopic (exact) mass is 336 g/mol. The average molecular weight is 337 g/mol. The summed E-state index contributed by atoms with van der Waals surface area (Å²) in [6.45, 7) is 15.7. The first-order valence-electron chi connectivity index (χ1n) is 7.73. The largest absolute Gasteiger partial charge is 0.499 e. The maximum absolute atomic E-state index is 5.67. The van der Waals surface area contributed by atoms with Gasteiger partial charge < -0.3 is 28.1 Å². The fourth-order valence-corrected chi connectivity index (χ4v) is 2.05. The summed E-state index contributed by atoms with van der Waals surface area (Å²) in [5, 5.41) is 0. The first-order valence-corrected chi connectivity index (χ1v) is 11.1. The van der Waals surface area contributed by atoms with E-state index in [1.54, 1.807) is 0 Å². The molecular formula is C15H32O6Si. The van der Waals surface area contributed by atoms with Gasteiger partial charge in [-0.05, 0) is 19.6 Å². The van der Waals surface area contributed by atoms with Crippen LogP contribution in [-0.4, -0.2) is 74.4 Å². The van der Waals surface area contributed by atoms with Crippen molar-refractivity contribution < 1.29 is 28.1 Å². The van der Waals surface area contributed by atoms with Crippen molar-refractivity contribution in [1.82, 2.24) is 0 Å². The molecule has 7 heteroatoms. The van der Waals surface area contributed by atoms with Crippen molar-refractivity contribution in [3.8, 4) is 0 Å². The Bertz CT molecular complexity index is 245. The van der Waals surface area contributed by atoms with E-state index in [4.69, 9.17) is 28.1 Å². The van der Waals surface area contributed by atoms with E-state index in [-0.39, 0.29) is 0 Å². The number of hydrogen-bond donors (Lipinski definition) is 0. The van der Waals surface area contributed by atoms with Gasteiger partial charge in [0.15, 0.2) is 8.32 Å². The van der Waals surface area contributed by atoms with E-state index < -0.39 is 8.32 Å². The van der Waals surface area contributed by atoms with Gasteiger partial charge in [-0.25, -0.2) is 0 Å². The molecule has 0 aromatic rings. The van der Waals surface area contributed by atoms with Gasteiger partial charge in [0.05, 0.1) is 65.7 Å². The molecular weight excluding hydrogens is 304 g/mol. The molecule has 0 aliphatic heterocycles. The van der Waals surface area contributed by atoms with E-state index in [1.807, 2.05) is 0 Å². The van der Waals surface area contributed by atoms with Gasteiger partial charge in [-0.1, -0.05) is 6.58 Å². The van der Waals surface area contributed by atoms with Crippen molar-refractivity contribution in [3.63, 3.8) is 0 Å². The second-order valence-electron chi connectivity index (χ2n) is 5.45. The van der Waals surface area contributed by atoms with Gasteiger partial charge in [0.25, 0.3) is 0 Å². The lowest BCUT2D eigenvalue weighted by molar-refractivity contribution is -0.00853. The Morgan fingerprint density at radius 2 is 1.00 bits per heavy atom. The Labute approximate surface area is 135 Å². The quantitative estimate of drug-likeness (QED) is 0.230. The third kappa shape index (κ3) is 19.6. The highest BCUT2D eigenvalue weighted by atomic mass is 28.4. The molecule has 0 radical (unpaired) electrons. The van der Waals surface area contributed by atoms with Crippen LogP contribution in [0.5, 0.6) is 0 Å². The van der Waals surface area contributed by atoms with Crippen molar-refractivity contribution in [2.75, 3.05) is 66.1 Å². The zero-order valence-corrected chi connectivity index (χ0v) is 15.3. The SMILES string of the molecule is C=COCCOCCOCCOCCOCCO[Si](C)(C)C. The lowest BCUT2D eigenvalue weighted by atomic mass is 10.7. The van der Waals surface area contributed by atoms with Crippen LogP contribution < -0.4 is 0 Å². The van der Waals surface area contributed by atoms with Crippen LogP contribution >= 0.6 is 0 Å². The van der Waals surface area contributed by atoms with Crippen LogP contribution in [0.2, 0.25) is 19.6 Å². The molecule has 0 heterocycles. The lowest BCUT2D eigenvalue weighted by Crippen LogP contribution is -2.27. The number of hydrogen-bond acceptors (Lipinski definition) is 6. The van der Waals surface area contributed by atoms with Gasteiger partial charge in [0.1, 0.15) is 6.61 Å². The van der Waals surface area contributed by atoms with E-state index in [1.165, 1.54) is 6.26 Å². The van der Waals surface area contributed by atoms with Crippen LogP contribution in [0.25, 0.3) is 0 Å². The minimum Gasteiger partial charge on any atom is -0.499 e. The molecule has 0 spiro atoms. The third-order valence-corrected chi connectivity index (χ3v) is 3.41. The predicted molar refractivity (Wildman–Crippen MR) is 88.7 cm³/mol. The minimum absolute atomic E-state index is 0.523. The smallest absolute Gasteiger partial charge is 0.183 e. The standard InChI is InChI=1S/C15H32O6Si/c1-5-16-6-7-17-8-9-18-10-11-19-12-13-20-14-15-21-22(2,3)4/h5H,1,6-15H2,2-4H3. The van der Waals surface area contributed by atoms with Gasteiger partial charge in [-0.15, -0.1) is 0 Å². The topological polar surface area (TPSA) is 55.4 Å². The van der Waals surface area contributed by atoms with Crippen LogP contribution in [0.15, 0.2) is 12.8 Å². The summed E-state index contributed by atoms with van der Waals surface area (Å²) >= 11 is 0. The van der Waals surface area contributed by atoms with Gasteiger partial charge in [0.2, 0.25) is 0 Å².